The highest BCUT2D eigenvalue weighted by Crippen LogP contribution is 2.10. The minimum absolute atomic E-state index is 0.142. The standard InChI is InChI=1S/C16H15N5O2/c1-10-6-18-12(7-17-10)8-19-15(22)11-3-4-13-14(5-11)20-9-21(2)16(13)23/h3-7,9H,8H2,1-2H3,(H,19,22). The molecule has 0 unspecified atom stereocenters. The van der Waals surface area contributed by atoms with E-state index in [-0.39, 0.29) is 18.0 Å². The molecule has 0 spiro atoms. The molecule has 116 valence electrons. The number of nitrogens with zero attached hydrogens (tertiary/aromatic N) is 4. The Morgan fingerprint density at radius 2 is 2.04 bits per heavy atom. The molecule has 1 N–H and O–H groups in total. The molecule has 0 aliphatic heterocycles. The van der Waals surface area contributed by atoms with Gasteiger partial charge >= 0.3 is 0 Å². The van der Waals surface area contributed by atoms with Crippen LogP contribution in [-0.4, -0.2) is 25.4 Å². The van der Waals surface area contributed by atoms with Crippen LogP contribution < -0.4 is 10.9 Å². The maximum Gasteiger partial charge on any atom is 0.260 e. The van der Waals surface area contributed by atoms with E-state index in [1.165, 1.54) is 10.9 Å². The summed E-state index contributed by atoms with van der Waals surface area (Å²) < 4.78 is 1.40. The zero-order chi connectivity index (χ0) is 16.4. The minimum atomic E-state index is -0.253. The van der Waals surface area contributed by atoms with Crippen LogP contribution in [0.4, 0.5) is 0 Å². The molecular weight excluding hydrogens is 294 g/mol. The monoisotopic (exact) mass is 309 g/mol. The van der Waals surface area contributed by atoms with Crippen molar-refractivity contribution in [1.82, 2.24) is 24.8 Å². The van der Waals surface area contributed by atoms with Crippen LogP contribution in [0.1, 0.15) is 21.7 Å². The van der Waals surface area contributed by atoms with Gasteiger partial charge in [-0.25, -0.2) is 4.98 Å². The number of amides is 1. The SMILES string of the molecule is Cc1cnc(CNC(=O)c2ccc3c(=O)n(C)cnc3c2)cn1. The van der Waals surface area contributed by atoms with Crippen molar-refractivity contribution < 1.29 is 4.79 Å². The van der Waals surface area contributed by atoms with Gasteiger partial charge in [-0.1, -0.05) is 0 Å². The van der Waals surface area contributed by atoms with Gasteiger partial charge in [-0.05, 0) is 25.1 Å². The average molecular weight is 309 g/mol. The number of carbonyl (C=O) groups excluding carboxylic acids is 1. The largest absolute Gasteiger partial charge is 0.346 e. The maximum atomic E-state index is 12.2. The van der Waals surface area contributed by atoms with Crippen LogP contribution in [0.15, 0.2) is 41.7 Å². The van der Waals surface area contributed by atoms with Gasteiger partial charge in [0, 0.05) is 18.8 Å². The van der Waals surface area contributed by atoms with Gasteiger partial charge in [-0.3, -0.25) is 19.6 Å². The third-order valence-corrected chi connectivity index (χ3v) is 3.45. The zero-order valence-electron chi connectivity index (χ0n) is 12.8. The molecule has 0 saturated carbocycles. The van der Waals surface area contributed by atoms with E-state index in [4.69, 9.17) is 0 Å². The second-order valence-corrected chi connectivity index (χ2v) is 5.22. The van der Waals surface area contributed by atoms with Crippen LogP contribution in [0.2, 0.25) is 0 Å². The van der Waals surface area contributed by atoms with E-state index >= 15 is 0 Å². The molecule has 0 atom stereocenters. The fourth-order valence-electron chi connectivity index (χ4n) is 2.14. The normalized spacial score (nSPS) is 10.7. The van der Waals surface area contributed by atoms with E-state index < -0.39 is 0 Å². The Bertz CT molecular complexity index is 931. The molecule has 2 heterocycles. The summed E-state index contributed by atoms with van der Waals surface area (Å²) >= 11 is 0. The van der Waals surface area contributed by atoms with Gasteiger partial charge in [-0.2, -0.15) is 0 Å². The Labute approximate surface area is 132 Å². The lowest BCUT2D eigenvalue weighted by Crippen LogP contribution is -2.24. The number of rotatable bonds is 3. The van der Waals surface area contributed by atoms with Gasteiger partial charge in [-0.15, -0.1) is 0 Å². The Morgan fingerprint density at radius 3 is 2.78 bits per heavy atom. The lowest BCUT2D eigenvalue weighted by molar-refractivity contribution is 0.0950. The predicted octanol–water partition coefficient (Wildman–Crippen LogP) is 0.962. The highest BCUT2D eigenvalue weighted by Gasteiger charge is 2.09. The average Bonchev–Trinajstić information content (AvgIpc) is 2.57. The zero-order valence-corrected chi connectivity index (χ0v) is 12.8. The molecule has 7 nitrogen and oxygen atoms in total. The van der Waals surface area contributed by atoms with Crippen LogP contribution in [0.25, 0.3) is 10.9 Å². The summed E-state index contributed by atoms with van der Waals surface area (Å²) in [5.74, 6) is -0.253. The Balaban J connectivity index is 1.79. The molecule has 7 heteroatoms. The van der Waals surface area contributed by atoms with E-state index in [9.17, 15) is 9.59 Å². The summed E-state index contributed by atoms with van der Waals surface area (Å²) in [4.78, 5) is 36.6. The highest BCUT2D eigenvalue weighted by atomic mass is 16.1. The fourth-order valence-corrected chi connectivity index (χ4v) is 2.14. The van der Waals surface area contributed by atoms with Crippen molar-refractivity contribution in [3.63, 3.8) is 0 Å². The topological polar surface area (TPSA) is 89.8 Å². The van der Waals surface area contributed by atoms with E-state index in [0.717, 1.165) is 5.69 Å². The van der Waals surface area contributed by atoms with Crippen LogP contribution in [0.3, 0.4) is 0 Å². The maximum absolute atomic E-state index is 12.2. The molecule has 0 saturated heterocycles. The van der Waals surface area contributed by atoms with E-state index in [0.29, 0.717) is 22.2 Å². The Hall–Kier alpha value is -3.09. The summed E-state index contributed by atoms with van der Waals surface area (Å²) in [7, 11) is 1.64. The van der Waals surface area contributed by atoms with Crippen molar-refractivity contribution in [2.45, 2.75) is 13.5 Å². The van der Waals surface area contributed by atoms with Crippen LogP contribution in [0.5, 0.6) is 0 Å². The van der Waals surface area contributed by atoms with Crippen molar-refractivity contribution >= 4 is 16.8 Å². The van der Waals surface area contributed by atoms with Gasteiger partial charge in [0.1, 0.15) is 0 Å². The van der Waals surface area contributed by atoms with Gasteiger partial charge < -0.3 is 9.88 Å². The Kier molecular flexibility index (Phi) is 3.84. The van der Waals surface area contributed by atoms with Crippen LogP contribution >= 0.6 is 0 Å². The first-order valence-corrected chi connectivity index (χ1v) is 7.06. The number of benzene rings is 1. The molecule has 0 radical (unpaired) electrons. The number of aromatic nitrogens is 4. The lowest BCUT2D eigenvalue weighted by Gasteiger charge is -2.06. The summed E-state index contributed by atoms with van der Waals surface area (Å²) in [5, 5.41) is 3.26. The first-order valence-electron chi connectivity index (χ1n) is 7.06. The minimum Gasteiger partial charge on any atom is -0.346 e. The van der Waals surface area contributed by atoms with Crippen LogP contribution in [-0.2, 0) is 13.6 Å². The molecule has 0 aliphatic carbocycles. The van der Waals surface area contributed by atoms with Crippen molar-refractivity contribution in [2.24, 2.45) is 7.05 Å². The molecule has 1 aromatic carbocycles. The number of nitrogens with one attached hydrogen (secondary N) is 1. The van der Waals surface area contributed by atoms with E-state index in [2.05, 4.69) is 20.3 Å². The quantitative estimate of drug-likeness (QED) is 0.778. The first-order chi connectivity index (χ1) is 11.0. The fraction of sp³-hybridized carbons (Fsp3) is 0.188. The number of carbonyl (C=O) groups is 1. The van der Waals surface area contributed by atoms with Crippen molar-refractivity contribution in [3.8, 4) is 0 Å². The number of aryl methyl sites for hydroxylation is 2. The van der Waals surface area contributed by atoms with E-state index in [1.807, 2.05) is 6.92 Å². The molecule has 3 rings (SSSR count). The summed E-state index contributed by atoms with van der Waals surface area (Å²) in [6, 6.07) is 4.83. The molecule has 0 fully saturated rings. The van der Waals surface area contributed by atoms with Crippen LogP contribution in [0, 0.1) is 6.92 Å². The summed E-state index contributed by atoms with van der Waals surface area (Å²) in [5.41, 5.74) is 2.30. The number of fused-ring (bicyclic) bond motifs is 1. The molecule has 0 aliphatic rings. The van der Waals surface area contributed by atoms with Crippen molar-refractivity contribution in [1.29, 1.82) is 0 Å². The van der Waals surface area contributed by atoms with Gasteiger partial charge in [0.15, 0.2) is 0 Å². The lowest BCUT2D eigenvalue weighted by atomic mass is 10.1. The van der Waals surface area contributed by atoms with Gasteiger partial charge in [0.25, 0.3) is 11.5 Å². The second kappa shape index (κ2) is 5.96. The summed E-state index contributed by atoms with van der Waals surface area (Å²) in [6.07, 6.45) is 4.72. The molecule has 0 bridgehead atoms. The predicted molar refractivity (Wildman–Crippen MR) is 84.9 cm³/mol. The third-order valence-electron chi connectivity index (χ3n) is 3.45. The van der Waals surface area contributed by atoms with Crippen molar-refractivity contribution in [2.75, 3.05) is 0 Å². The van der Waals surface area contributed by atoms with Gasteiger partial charge in [0.05, 0.1) is 41.4 Å². The smallest absolute Gasteiger partial charge is 0.260 e. The van der Waals surface area contributed by atoms with Crippen molar-refractivity contribution in [3.05, 3.63) is 64.2 Å². The molecule has 23 heavy (non-hydrogen) atoms. The molecule has 3 aromatic rings. The number of hydrogen-bond donors (Lipinski definition) is 1. The van der Waals surface area contributed by atoms with E-state index in [1.54, 1.807) is 37.6 Å². The second-order valence-electron chi connectivity index (χ2n) is 5.22. The van der Waals surface area contributed by atoms with Gasteiger partial charge in [0.2, 0.25) is 0 Å². The number of hydrogen-bond acceptors (Lipinski definition) is 5. The first kappa shape index (κ1) is 14.8. The molecule has 1 amide bonds. The molecule has 2 aromatic heterocycles. The third kappa shape index (κ3) is 3.08. The molecular formula is C16H15N5O2. The summed E-state index contributed by atoms with van der Waals surface area (Å²) in [6.45, 7) is 2.13. The highest BCUT2D eigenvalue weighted by molar-refractivity contribution is 5.97. The Morgan fingerprint density at radius 1 is 1.22 bits per heavy atom.